The van der Waals surface area contributed by atoms with Gasteiger partial charge in [-0.25, -0.2) is 0 Å². The summed E-state index contributed by atoms with van der Waals surface area (Å²) in [7, 11) is 0. The number of benzene rings is 3. The number of ether oxygens (including phenoxy) is 2. The van der Waals surface area contributed by atoms with E-state index < -0.39 is 0 Å². The van der Waals surface area contributed by atoms with Crippen LogP contribution in [0.25, 0.3) is 0 Å². The van der Waals surface area contributed by atoms with E-state index in [9.17, 15) is 4.79 Å². The molecule has 160 valence electrons. The van der Waals surface area contributed by atoms with Gasteiger partial charge in [-0.2, -0.15) is 0 Å². The zero-order valence-corrected chi connectivity index (χ0v) is 17.7. The molecular weight excluding hydrogens is 388 g/mol. The molecule has 1 N–H and O–H groups in total. The summed E-state index contributed by atoms with van der Waals surface area (Å²) in [6, 6.07) is 27.2. The Morgan fingerprint density at radius 3 is 2.10 bits per heavy atom. The van der Waals surface area contributed by atoms with Crippen LogP contribution in [0.4, 0.5) is 0 Å². The van der Waals surface area contributed by atoms with Gasteiger partial charge in [-0.1, -0.05) is 48.5 Å². The van der Waals surface area contributed by atoms with Crippen LogP contribution in [-0.4, -0.2) is 43.2 Å². The number of amides is 1. The molecule has 4 rings (SSSR count). The first-order valence-corrected chi connectivity index (χ1v) is 10.7. The van der Waals surface area contributed by atoms with Crippen LogP contribution in [0.15, 0.2) is 84.9 Å². The van der Waals surface area contributed by atoms with Crippen molar-refractivity contribution in [1.82, 2.24) is 10.2 Å². The molecule has 1 amide bonds. The van der Waals surface area contributed by atoms with Crippen LogP contribution in [-0.2, 0) is 4.74 Å². The molecule has 0 aromatic heterocycles. The zero-order chi connectivity index (χ0) is 21.5. The molecule has 3 aromatic rings. The van der Waals surface area contributed by atoms with Crippen LogP contribution in [0.5, 0.6) is 11.5 Å². The molecule has 0 radical (unpaired) electrons. The molecule has 1 aliphatic rings. The molecule has 2 atom stereocenters. The van der Waals surface area contributed by atoms with Gasteiger partial charge in [0.15, 0.2) is 0 Å². The summed E-state index contributed by atoms with van der Waals surface area (Å²) < 4.78 is 11.3. The molecule has 5 nitrogen and oxygen atoms in total. The lowest BCUT2D eigenvalue weighted by atomic mass is 9.97. The maximum absolute atomic E-state index is 12.9. The Hall–Kier alpha value is -3.15. The Labute approximate surface area is 183 Å². The molecule has 1 fully saturated rings. The third kappa shape index (κ3) is 5.51. The summed E-state index contributed by atoms with van der Waals surface area (Å²) in [5, 5.41) is 3.20. The van der Waals surface area contributed by atoms with E-state index in [0.717, 1.165) is 18.8 Å². The Kier molecular flexibility index (Phi) is 6.97. The molecule has 0 saturated carbocycles. The number of para-hydroxylation sites is 1. The minimum atomic E-state index is -0.0899. The van der Waals surface area contributed by atoms with Gasteiger partial charge in [-0.15, -0.1) is 0 Å². The van der Waals surface area contributed by atoms with Crippen LogP contribution in [0.3, 0.4) is 0 Å². The van der Waals surface area contributed by atoms with Crippen molar-refractivity contribution >= 4 is 5.91 Å². The number of hydrogen-bond acceptors (Lipinski definition) is 4. The normalized spacial score (nSPS) is 16.3. The number of hydrogen-bond donors (Lipinski definition) is 1. The van der Waals surface area contributed by atoms with Crippen LogP contribution in [0.1, 0.15) is 28.9 Å². The van der Waals surface area contributed by atoms with Gasteiger partial charge in [-0.05, 0) is 48.9 Å². The zero-order valence-electron chi connectivity index (χ0n) is 17.7. The molecule has 1 heterocycles. The van der Waals surface area contributed by atoms with Crippen molar-refractivity contribution in [3.63, 3.8) is 0 Å². The quantitative estimate of drug-likeness (QED) is 0.608. The SMILES string of the molecule is CC(NC(=O)c1ccc(Oc2ccccc2)cc1)C(c1ccccc1)N1CCOCC1. The predicted octanol–water partition coefficient (Wildman–Crippen LogP) is 4.67. The van der Waals surface area contributed by atoms with Gasteiger partial charge in [0.2, 0.25) is 0 Å². The smallest absolute Gasteiger partial charge is 0.251 e. The topological polar surface area (TPSA) is 50.8 Å². The third-order valence-electron chi connectivity index (χ3n) is 5.51. The molecule has 0 aliphatic carbocycles. The van der Waals surface area contributed by atoms with E-state index >= 15 is 0 Å². The molecule has 0 spiro atoms. The highest BCUT2D eigenvalue weighted by atomic mass is 16.5. The average Bonchev–Trinajstić information content (AvgIpc) is 2.82. The van der Waals surface area contributed by atoms with Crippen molar-refractivity contribution in [2.45, 2.75) is 19.0 Å². The second-order valence-corrected chi connectivity index (χ2v) is 7.71. The van der Waals surface area contributed by atoms with E-state index in [1.54, 1.807) is 12.1 Å². The number of rotatable bonds is 7. The first-order chi connectivity index (χ1) is 15.2. The monoisotopic (exact) mass is 416 g/mol. The van der Waals surface area contributed by atoms with Crippen molar-refractivity contribution in [2.75, 3.05) is 26.3 Å². The predicted molar refractivity (Wildman–Crippen MR) is 121 cm³/mol. The highest BCUT2D eigenvalue weighted by Gasteiger charge is 2.28. The third-order valence-corrected chi connectivity index (χ3v) is 5.51. The minimum Gasteiger partial charge on any atom is -0.457 e. The number of nitrogens with zero attached hydrogens (tertiary/aromatic N) is 1. The second kappa shape index (κ2) is 10.2. The van der Waals surface area contributed by atoms with Gasteiger partial charge in [-0.3, -0.25) is 9.69 Å². The van der Waals surface area contributed by atoms with Gasteiger partial charge in [0, 0.05) is 24.7 Å². The number of morpholine rings is 1. The van der Waals surface area contributed by atoms with Gasteiger partial charge in [0.1, 0.15) is 11.5 Å². The van der Waals surface area contributed by atoms with Crippen molar-refractivity contribution < 1.29 is 14.3 Å². The summed E-state index contributed by atoms with van der Waals surface area (Å²) >= 11 is 0. The minimum absolute atomic E-state index is 0.0618. The van der Waals surface area contributed by atoms with Crippen molar-refractivity contribution in [1.29, 1.82) is 0 Å². The maximum Gasteiger partial charge on any atom is 0.251 e. The fourth-order valence-corrected chi connectivity index (χ4v) is 3.99. The van der Waals surface area contributed by atoms with Gasteiger partial charge in [0.05, 0.1) is 19.3 Å². The Morgan fingerprint density at radius 1 is 0.871 bits per heavy atom. The van der Waals surface area contributed by atoms with E-state index in [4.69, 9.17) is 9.47 Å². The van der Waals surface area contributed by atoms with Gasteiger partial charge >= 0.3 is 0 Å². The van der Waals surface area contributed by atoms with Crippen LogP contribution in [0, 0.1) is 0 Å². The molecule has 31 heavy (non-hydrogen) atoms. The molecule has 0 bridgehead atoms. The number of carbonyl (C=O) groups excluding carboxylic acids is 1. The Bertz CT molecular complexity index is 955. The second-order valence-electron chi connectivity index (χ2n) is 7.71. The first-order valence-electron chi connectivity index (χ1n) is 10.7. The Morgan fingerprint density at radius 2 is 1.45 bits per heavy atom. The summed E-state index contributed by atoms with van der Waals surface area (Å²) in [6.07, 6.45) is 0. The van der Waals surface area contributed by atoms with Gasteiger partial charge in [0.25, 0.3) is 5.91 Å². The molecule has 2 unspecified atom stereocenters. The molecule has 3 aromatic carbocycles. The highest BCUT2D eigenvalue weighted by Crippen LogP contribution is 2.26. The van der Waals surface area contributed by atoms with Crippen molar-refractivity contribution in [2.24, 2.45) is 0 Å². The van der Waals surface area contributed by atoms with Crippen LogP contribution >= 0.6 is 0 Å². The fourth-order valence-electron chi connectivity index (χ4n) is 3.99. The van der Waals surface area contributed by atoms with E-state index in [-0.39, 0.29) is 18.0 Å². The number of carbonyl (C=O) groups is 1. The summed E-state index contributed by atoms with van der Waals surface area (Å²) in [5.41, 5.74) is 1.81. The van der Waals surface area contributed by atoms with E-state index in [1.165, 1.54) is 5.56 Å². The molecular formula is C26H28N2O3. The lowest BCUT2D eigenvalue weighted by molar-refractivity contribution is 0.00888. The molecule has 5 heteroatoms. The lowest BCUT2D eigenvalue weighted by Gasteiger charge is -2.38. The maximum atomic E-state index is 12.9. The summed E-state index contributed by atoms with van der Waals surface area (Å²) in [6.45, 7) is 5.20. The van der Waals surface area contributed by atoms with Gasteiger partial charge < -0.3 is 14.8 Å². The van der Waals surface area contributed by atoms with Crippen molar-refractivity contribution in [3.8, 4) is 11.5 Å². The molecule has 1 aliphatic heterocycles. The van der Waals surface area contributed by atoms with Crippen LogP contribution < -0.4 is 10.1 Å². The first kappa shape index (κ1) is 21.1. The molecule has 1 saturated heterocycles. The van der Waals surface area contributed by atoms with Crippen molar-refractivity contribution in [3.05, 3.63) is 96.1 Å². The fraction of sp³-hybridized carbons (Fsp3) is 0.269. The Balaban J connectivity index is 1.44. The highest BCUT2D eigenvalue weighted by molar-refractivity contribution is 5.94. The largest absolute Gasteiger partial charge is 0.457 e. The lowest BCUT2D eigenvalue weighted by Crippen LogP contribution is -2.48. The average molecular weight is 417 g/mol. The van der Waals surface area contributed by atoms with E-state index in [2.05, 4.69) is 29.3 Å². The standard InChI is InChI=1S/C26H28N2O3/c1-20(25(21-8-4-2-5-9-21)28-16-18-30-19-17-28)27-26(29)22-12-14-24(15-13-22)31-23-10-6-3-7-11-23/h2-15,20,25H,16-19H2,1H3,(H,27,29). The summed E-state index contributed by atoms with van der Waals surface area (Å²) in [4.78, 5) is 15.3. The number of nitrogens with one attached hydrogen (secondary N) is 1. The van der Waals surface area contributed by atoms with E-state index in [1.807, 2.05) is 60.7 Å². The summed E-state index contributed by atoms with van der Waals surface area (Å²) in [5.74, 6) is 1.38. The van der Waals surface area contributed by atoms with Crippen LogP contribution in [0.2, 0.25) is 0 Å². The van der Waals surface area contributed by atoms with E-state index in [0.29, 0.717) is 24.5 Å².